The van der Waals surface area contributed by atoms with E-state index in [1.807, 2.05) is 58.0 Å². The van der Waals surface area contributed by atoms with Crippen molar-refractivity contribution in [1.29, 1.82) is 0 Å². The van der Waals surface area contributed by atoms with E-state index in [0.29, 0.717) is 17.2 Å². The fraction of sp³-hybridized carbons (Fsp3) is 0.400. The molecule has 1 heterocycles. The van der Waals surface area contributed by atoms with Gasteiger partial charge in [-0.25, -0.2) is 0 Å². The van der Waals surface area contributed by atoms with Crippen molar-refractivity contribution < 1.29 is 9.59 Å². The van der Waals surface area contributed by atoms with Gasteiger partial charge in [0.1, 0.15) is 10.8 Å². The van der Waals surface area contributed by atoms with Gasteiger partial charge in [0, 0.05) is 24.6 Å². The molecule has 0 saturated carbocycles. The lowest BCUT2D eigenvalue weighted by atomic mass is 10.0. The smallest absolute Gasteiger partial charge is 0.230 e. The van der Waals surface area contributed by atoms with Crippen molar-refractivity contribution in [3.05, 3.63) is 88.4 Å². The molecule has 9 nitrogen and oxygen atoms in total. The standard InChI is InChI=1S/C28H39N7O2S.C2H6/c1-4-9-20(5-2)17-25(36)32-24(31)15-14-23(30)12-6-7-13-27-34-35-28(38-27)33-26(37)18-21-10-8-11-22(16-21)19(3)29;1-2/h4,8-11,14-16,19H,1,5-7,12-13,17-18,29-31H2,2-3H3,(H,32,36)(H,33,35,37);1-2H3/b20-9+,23-14-,24-15+;. The highest BCUT2D eigenvalue weighted by atomic mass is 32.1. The fourth-order valence-corrected chi connectivity index (χ4v) is 4.35. The van der Waals surface area contributed by atoms with Crippen LogP contribution in [0.1, 0.15) is 82.0 Å². The molecule has 0 radical (unpaired) electrons. The first kappa shape index (κ1) is 34.3. The predicted molar refractivity (Wildman–Crippen MR) is 166 cm³/mol. The number of nitrogens with one attached hydrogen (secondary N) is 2. The van der Waals surface area contributed by atoms with E-state index in [-0.39, 0.29) is 36.5 Å². The van der Waals surface area contributed by atoms with Gasteiger partial charge in [0.25, 0.3) is 0 Å². The van der Waals surface area contributed by atoms with Crippen LogP contribution < -0.4 is 27.8 Å². The maximum absolute atomic E-state index is 12.4. The largest absolute Gasteiger partial charge is 0.402 e. The molecule has 0 aliphatic carbocycles. The number of aromatic nitrogens is 2. The average Bonchev–Trinajstić information content (AvgIpc) is 3.37. The van der Waals surface area contributed by atoms with Gasteiger partial charge in [-0.15, -0.1) is 10.2 Å². The van der Waals surface area contributed by atoms with E-state index in [1.54, 1.807) is 18.2 Å². The summed E-state index contributed by atoms with van der Waals surface area (Å²) in [6, 6.07) is 7.62. The van der Waals surface area contributed by atoms with Crippen molar-refractivity contribution in [2.24, 2.45) is 17.2 Å². The van der Waals surface area contributed by atoms with E-state index >= 15 is 0 Å². The van der Waals surface area contributed by atoms with Crippen molar-refractivity contribution in [3.63, 3.8) is 0 Å². The lowest BCUT2D eigenvalue weighted by molar-refractivity contribution is -0.119. The topological polar surface area (TPSA) is 162 Å². The third-order valence-electron chi connectivity index (χ3n) is 5.62. The Morgan fingerprint density at radius 1 is 1.10 bits per heavy atom. The number of benzene rings is 1. The summed E-state index contributed by atoms with van der Waals surface area (Å²) in [6.45, 7) is 11.6. The molecule has 218 valence electrons. The lowest BCUT2D eigenvalue weighted by Gasteiger charge is -2.07. The predicted octanol–water partition coefficient (Wildman–Crippen LogP) is 5.15. The van der Waals surface area contributed by atoms with Gasteiger partial charge in [-0.05, 0) is 55.9 Å². The van der Waals surface area contributed by atoms with Crippen LogP contribution in [-0.4, -0.2) is 22.0 Å². The molecule has 0 spiro atoms. The fourth-order valence-electron chi connectivity index (χ4n) is 3.55. The number of hydrogen-bond donors (Lipinski definition) is 5. The number of rotatable bonds is 15. The molecule has 10 heteroatoms. The van der Waals surface area contributed by atoms with E-state index in [9.17, 15) is 9.59 Å². The molecule has 1 atom stereocenters. The zero-order chi connectivity index (χ0) is 29.9. The first-order valence-corrected chi connectivity index (χ1v) is 14.5. The Balaban J connectivity index is 0.00000391. The summed E-state index contributed by atoms with van der Waals surface area (Å²) in [7, 11) is 0. The Bertz CT molecular complexity index is 1180. The number of hydrogen-bond acceptors (Lipinski definition) is 8. The van der Waals surface area contributed by atoms with Gasteiger partial charge in [-0.3, -0.25) is 9.59 Å². The zero-order valence-electron chi connectivity index (χ0n) is 24.2. The summed E-state index contributed by atoms with van der Waals surface area (Å²) in [6.07, 6.45) is 11.2. The summed E-state index contributed by atoms with van der Waals surface area (Å²) in [5.41, 5.74) is 21.4. The van der Waals surface area contributed by atoms with Gasteiger partial charge in [0.15, 0.2) is 0 Å². The molecule has 0 aliphatic rings. The highest BCUT2D eigenvalue weighted by Gasteiger charge is 2.10. The maximum atomic E-state index is 12.4. The number of nitrogens with zero attached hydrogens (tertiary/aromatic N) is 2. The summed E-state index contributed by atoms with van der Waals surface area (Å²) in [4.78, 5) is 24.5. The van der Waals surface area contributed by atoms with E-state index in [1.165, 1.54) is 11.3 Å². The molecule has 0 aliphatic heterocycles. The van der Waals surface area contributed by atoms with Gasteiger partial charge in [0.2, 0.25) is 16.9 Å². The van der Waals surface area contributed by atoms with Crippen LogP contribution in [0.4, 0.5) is 5.13 Å². The van der Waals surface area contributed by atoms with Crippen molar-refractivity contribution in [2.75, 3.05) is 5.32 Å². The van der Waals surface area contributed by atoms with E-state index < -0.39 is 0 Å². The second-order valence-electron chi connectivity index (χ2n) is 8.97. The molecule has 8 N–H and O–H groups in total. The SMILES string of the molecule is C=C/C=C(\CC)CC(=O)N/C(N)=C/C=C(\N)CCCCc1nnc(NC(=O)Cc2cccc(C(C)N)c2)s1.CC. The van der Waals surface area contributed by atoms with Gasteiger partial charge >= 0.3 is 0 Å². The van der Waals surface area contributed by atoms with Crippen LogP contribution in [-0.2, 0) is 22.4 Å². The summed E-state index contributed by atoms with van der Waals surface area (Å²) < 4.78 is 0. The van der Waals surface area contributed by atoms with Gasteiger partial charge in [-0.1, -0.05) is 80.7 Å². The number of carbonyl (C=O) groups excluding carboxylic acids is 2. The van der Waals surface area contributed by atoms with Crippen LogP contribution >= 0.6 is 11.3 Å². The van der Waals surface area contributed by atoms with Crippen LogP contribution in [0.2, 0.25) is 0 Å². The molecule has 2 rings (SSSR count). The molecule has 1 aromatic carbocycles. The minimum absolute atomic E-state index is 0.0821. The van der Waals surface area contributed by atoms with Crippen LogP contribution in [0.25, 0.3) is 0 Å². The Labute approximate surface area is 242 Å². The molecular weight excluding hydrogens is 522 g/mol. The maximum Gasteiger partial charge on any atom is 0.230 e. The number of allylic oxidation sites excluding steroid dienone is 5. The van der Waals surface area contributed by atoms with Crippen molar-refractivity contribution >= 4 is 28.3 Å². The number of nitrogens with two attached hydrogens (primary N) is 3. The van der Waals surface area contributed by atoms with Gasteiger partial charge < -0.3 is 27.8 Å². The van der Waals surface area contributed by atoms with Gasteiger partial charge in [-0.2, -0.15) is 0 Å². The molecule has 0 saturated heterocycles. The molecule has 0 fully saturated rings. The Kier molecular flexibility index (Phi) is 16.6. The van der Waals surface area contributed by atoms with Crippen molar-refractivity contribution in [1.82, 2.24) is 15.5 Å². The van der Waals surface area contributed by atoms with Crippen molar-refractivity contribution in [3.8, 4) is 0 Å². The van der Waals surface area contributed by atoms with Crippen LogP contribution in [0.5, 0.6) is 0 Å². The third-order valence-corrected chi connectivity index (χ3v) is 6.52. The Hall–Kier alpha value is -3.76. The van der Waals surface area contributed by atoms with Crippen LogP contribution in [0.15, 0.2) is 72.2 Å². The Morgan fingerprint density at radius 2 is 1.85 bits per heavy atom. The highest BCUT2D eigenvalue weighted by Crippen LogP contribution is 2.19. The second kappa shape index (κ2) is 19.3. The minimum atomic E-state index is -0.177. The highest BCUT2D eigenvalue weighted by molar-refractivity contribution is 7.15. The molecular formula is C30H45N7O2S. The van der Waals surface area contributed by atoms with E-state index in [0.717, 1.165) is 47.4 Å². The monoisotopic (exact) mass is 567 g/mol. The zero-order valence-corrected chi connectivity index (χ0v) is 25.0. The van der Waals surface area contributed by atoms with Gasteiger partial charge in [0.05, 0.1) is 6.42 Å². The molecule has 1 aromatic heterocycles. The summed E-state index contributed by atoms with van der Waals surface area (Å²) >= 11 is 1.37. The number of aryl methyl sites for hydroxylation is 1. The lowest BCUT2D eigenvalue weighted by Crippen LogP contribution is -2.27. The van der Waals surface area contributed by atoms with E-state index in [4.69, 9.17) is 17.2 Å². The van der Waals surface area contributed by atoms with E-state index in [2.05, 4.69) is 27.4 Å². The number of carbonyl (C=O) groups is 2. The molecule has 1 unspecified atom stereocenters. The Morgan fingerprint density at radius 3 is 2.52 bits per heavy atom. The normalized spacial score (nSPS) is 12.7. The summed E-state index contributed by atoms with van der Waals surface area (Å²) in [5.74, 6) is -0.0733. The third kappa shape index (κ3) is 13.9. The first-order valence-electron chi connectivity index (χ1n) is 13.7. The summed E-state index contributed by atoms with van der Waals surface area (Å²) in [5, 5.41) is 15.1. The molecule has 2 aromatic rings. The second-order valence-corrected chi connectivity index (χ2v) is 10.0. The number of anilines is 1. The quantitative estimate of drug-likeness (QED) is 0.147. The van der Waals surface area contributed by atoms with Crippen molar-refractivity contribution in [2.45, 2.75) is 78.7 Å². The molecule has 2 amide bonds. The van der Waals surface area contributed by atoms with Crippen LogP contribution in [0, 0.1) is 0 Å². The number of amides is 2. The number of unbranched alkanes of at least 4 members (excludes halogenated alkanes) is 1. The average molecular weight is 568 g/mol. The first-order chi connectivity index (χ1) is 19.2. The van der Waals surface area contributed by atoms with Crippen LogP contribution in [0.3, 0.4) is 0 Å². The molecule has 0 bridgehead atoms. The minimum Gasteiger partial charge on any atom is -0.402 e. The molecule has 40 heavy (non-hydrogen) atoms.